The maximum atomic E-state index is 13.7. The van der Waals surface area contributed by atoms with Crippen LogP contribution in [0.4, 0.5) is 11.4 Å². The Balaban J connectivity index is 1.34. The Kier molecular flexibility index (Phi) is 9.67. The van der Waals surface area contributed by atoms with Crippen molar-refractivity contribution in [1.82, 2.24) is 15.8 Å². The molecule has 232 valence electrons. The molecule has 10 nitrogen and oxygen atoms in total. The lowest BCUT2D eigenvalue weighted by atomic mass is 10.1. The summed E-state index contributed by atoms with van der Waals surface area (Å²) in [5.41, 5.74) is 5.69. The number of nitrogens with zero attached hydrogens (tertiary/aromatic N) is 3. The number of ether oxygens (including phenoxy) is 1. The molecule has 5 rings (SSSR count). The molecule has 3 aromatic rings. The monoisotopic (exact) mass is 666 g/mol. The van der Waals surface area contributed by atoms with Crippen molar-refractivity contribution in [3.8, 4) is 5.75 Å². The number of rotatable bonds is 8. The zero-order valence-corrected chi connectivity index (χ0v) is 26.7. The van der Waals surface area contributed by atoms with Crippen LogP contribution in [0.15, 0.2) is 84.3 Å². The fraction of sp³-hybridized carbons (Fsp3) is 0.188. The van der Waals surface area contributed by atoms with Crippen LogP contribution in [0.25, 0.3) is 0 Å². The summed E-state index contributed by atoms with van der Waals surface area (Å²) in [6.45, 7) is 5.76. The molecule has 0 bridgehead atoms. The van der Waals surface area contributed by atoms with Gasteiger partial charge in [0.15, 0.2) is 18.0 Å². The molecule has 0 aromatic heterocycles. The van der Waals surface area contributed by atoms with E-state index in [1.165, 1.54) is 23.2 Å². The summed E-state index contributed by atoms with van der Waals surface area (Å²) in [7, 11) is 0. The highest BCUT2D eigenvalue weighted by Crippen LogP contribution is 2.38. The molecule has 0 saturated carbocycles. The standard InChI is InChI=1S/C32H29Cl3N6O4/c1-4-25(45-26-11-10-18(2)14-19(26)3)31(43)37-22-9-7-8-20(15-22)30(42)38-27-29(40-13-6-5-12-36-40)39-41(32(27)44)28-23(34)16-21(33)17-24(28)35/h5-17,25,27,36H,4H2,1-3H3,(H,37,43)(H,38,42). The second-order valence-corrected chi connectivity index (χ2v) is 11.5. The van der Waals surface area contributed by atoms with Crippen molar-refractivity contribution in [1.29, 1.82) is 0 Å². The van der Waals surface area contributed by atoms with Gasteiger partial charge < -0.3 is 20.8 Å². The Bertz CT molecular complexity index is 1740. The molecule has 0 fully saturated rings. The molecule has 2 unspecified atom stereocenters. The first kappa shape index (κ1) is 31.9. The van der Waals surface area contributed by atoms with Gasteiger partial charge >= 0.3 is 0 Å². The van der Waals surface area contributed by atoms with E-state index in [4.69, 9.17) is 39.5 Å². The lowest BCUT2D eigenvalue weighted by molar-refractivity contribution is -0.123. The SMILES string of the molecule is CCC(Oc1ccc(C)cc1C)C(=O)Nc1cccc(C(=O)NC2C(=O)N(c3c(Cl)cc(Cl)cc3Cl)N=C2N2C=CC=CN2)c1. The molecule has 0 spiro atoms. The normalized spacial score (nSPS) is 16.3. The van der Waals surface area contributed by atoms with Crippen molar-refractivity contribution in [2.45, 2.75) is 39.3 Å². The number of amidine groups is 1. The van der Waals surface area contributed by atoms with Crippen LogP contribution in [0, 0.1) is 13.8 Å². The Morgan fingerprint density at radius 3 is 2.47 bits per heavy atom. The topological polar surface area (TPSA) is 115 Å². The summed E-state index contributed by atoms with van der Waals surface area (Å²) in [6, 6.07) is 13.8. The van der Waals surface area contributed by atoms with Crippen molar-refractivity contribution in [2.24, 2.45) is 5.10 Å². The molecular weight excluding hydrogens is 639 g/mol. The summed E-state index contributed by atoms with van der Waals surface area (Å²) in [5, 5.41) is 13.0. The third-order valence-electron chi connectivity index (χ3n) is 6.94. The molecule has 13 heteroatoms. The Morgan fingerprint density at radius 2 is 1.80 bits per heavy atom. The van der Waals surface area contributed by atoms with Crippen molar-refractivity contribution in [3.05, 3.63) is 111 Å². The molecule has 0 aliphatic carbocycles. The summed E-state index contributed by atoms with van der Waals surface area (Å²) in [5.74, 6) is -0.762. The first-order valence-corrected chi connectivity index (χ1v) is 15.1. The second-order valence-electron chi connectivity index (χ2n) is 10.3. The fourth-order valence-electron chi connectivity index (χ4n) is 4.74. The average molecular weight is 668 g/mol. The van der Waals surface area contributed by atoms with Crippen LogP contribution in [-0.4, -0.2) is 40.7 Å². The summed E-state index contributed by atoms with van der Waals surface area (Å²) >= 11 is 18.9. The predicted octanol–water partition coefficient (Wildman–Crippen LogP) is 6.37. The van der Waals surface area contributed by atoms with Crippen LogP contribution >= 0.6 is 34.8 Å². The quantitative estimate of drug-likeness (QED) is 0.257. The number of anilines is 2. The summed E-state index contributed by atoms with van der Waals surface area (Å²) in [4.78, 5) is 40.4. The van der Waals surface area contributed by atoms with E-state index in [2.05, 4.69) is 21.2 Å². The predicted molar refractivity (Wildman–Crippen MR) is 177 cm³/mol. The lowest BCUT2D eigenvalue weighted by Gasteiger charge is -2.24. The van der Waals surface area contributed by atoms with Gasteiger partial charge in [0.2, 0.25) is 0 Å². The number of hydrazone groups is 1. The molecule has 2 atom stereocenters. The molecule has 2 aliphatic rings. The van der Waals surface area contributed by atoms with Gasteiger partial charge in [0.25, 0.3) is 17.7 Å². The minimum atomic E-state index is -1.22. The van der Waals surface area contributed by atoms with Gasteiger partial charge in [0.1, 0.15) is 11.4 Å². The highest BCUT2D eigenvalue weighted by Gasteiger charge is 2.42. The molecule has 0 radical (unpaired) electrons. The maximum absolute atomic E-state index is 13.7. The third-order valence-corrected chi connectivity index (χ3v) is 7.74. The minimum absolute atomic E-state index is 0.105. The van der Waals surface area contributed by atoms with Gasteiger partial charge in [-0.25, -0.2) is 5.01 Å². The zero-order valence-electron chi connectivity index (χ0n) is 24.5. The van der Waals surface area contributed by atoms with E-state index in [1.54, 1.807) is 42.8 Å². The molecule has 3 aromatic carbocycles. The molecule has 2 heterocycles. The van der Waals surface area contributed by atoms with E-state index in [1.807, 2.05) is 39.0 Å². The highest BCUT2D eigenvalue weighted by molar-refractivity contribution is 6.43. The first-order valence-electron chi connectivity index (χ1n) is 14.0. The van der Waals surface area contributed by atoms with Crippen LogP contribution in [0.1, 0.15) is 34.8 Å². The maximum Gasteiger partial charge on any atom is 0.278 e. The average Bonchev–Trinajstić information content (AvgIpc) is 3.31. The third kappa shape index (κ3) is 7.09. The van der Waals surface area contributed by atoms with Crippen molar-refractivity contribution >= 4 is 69.7 Å². The largest absolute Gasteiger partial charge is 0.480 e. The molecule has 2 aliphatic heterocycles. The van der Waals surface area contributed by atoms with Crippen LogP contribution in [-0.2, 0) is 9.59 Å². The van der Waals surface area contributed by atoms with Crippen molar-refractivity contribution < 1.29 is 19.1 Å². The van der Waals surface area contributed by atoms with Gasteiger partial charge in [-0.05, 0) is 74.4 Å². The van der Waals surface area contributed by atoms with Gasteiger partial charge in [-0.3, -0.25) is 14.4 Å². The van der Waals surface area contributed by atoms with Gasteiger partial charge in [-0.1, -0.05) is 65.5 Å². The van der Waals surface area contributed by atoms with Crippen LogP contribution in [0.5, 0.6) is 5.75 Å². The van der Waals surface area contributed by atoms with E-state index in [0.717, 1.165) is 16.1 Å². The summed E-state index contributed by atoms with van der Waals surface area (Å²) < 4.78 is 6.01. The molecule has 0 saturated heterocycles. The van der Waals surface area contributed by atoms with E-state index < -0.39 is 24.0 Å². The number of hydrogen-bond acceptors (Lipinski definition) is 7. The first-order chi connectivity index (χ1) is 21.5. The molecular formula is C32H29Cl3N6O4. The smallest absolute Gasteiger partial charge is 0.278 e. The molecule has 3 amide bonds. The van der Waals surface area contributed by atoms with Gasteiger partial charge in [-0.2, -0.15) is 5.01 Å². The minimum Gasteiger partial charge on any atom is -0.480 e. The van der Waals surface area contributed by atoms with Crippen LogP contribution in [0.3, 0.4) is 0 Å². The lowest BCUT2D eigenvalue weighted by Crippen LogP contribution is -2.52. The fourth-order valence-corrected chi connectivity index (χ4v) is 5.71. The zero-order chi connectivity index (χ0) is 32.2. The second kappa shape index (κ2) is 13.6. The van der Waals surface area contributed by atoms with Gasteiger partial charge in [0.05, 0.1) is 10.0 Å². The van der Waals surface area contributed by atoms with Crippen molar-refractivity contribution in [2.75, 3.05) is 10.3 Å². The van der Waals surface area contributed by atoms with E-state index >= 15 is 0 Å². The number of nitrogens with one attached hydrogen (secondary N) is 3. The van der Waals surface area contributed by atoms with E-state index in [0.29, 0.717) is 17.9 Å². The Labute approximate surface area is 275 Å². The van der Waals surface area contributed by atoms with Crippen molar-refractivity contribution in [3.63, 3.8) is 0 Å². The van der Waals surface area contributed by atoms with Crippen LogP contribution in [0.2, 0.25) is 15.1 Å². The number of halogens is 3. The van der Waals surface area contributed by atoms with Crippen LogP contribution < -0.4 is 25.8 Å². The van der Waals surface area contributed by atoms with E-state index in [9.17, 15) is 14.4 Å². The number of benzene rings is 3. The van der Waals surface area contributed by atoms with Gasteiger partial charge in [0, 0.05) is 28.7 Å². The highest BCUT2D eigenvalue weighted by atomic mass is 35.5. The number of hydrazine groups is 1. The number of amides is 3. The molecule has 45 heavy (non-hydrogen) atoms. The number of carbonyl (C=O) groups excluding carboxylic acids is 3. The Morgan fingerprint density at radius 1 is 1.04 bits per heavy atom. The number of hydrogen-bond donors (Lipinski definition) is 3. The molecule has 3 N–H and O–H groups in total. The van der Waals surface area contributed by atoms with E-state index in [-0.39, 0.29) is 38.1 Å². The number of aryl methyl sites for hydroxylation is 2. The Hall–Kier alpha value is -4.51. The summed E-state index contributed by atoms with van der Waals surface area (Å²) in [6.07, 6.45) is 6.43. The number of allylic oxidation sites excluding steroid dienone is 2. The van der Waals surface area contributed by atoms with Gasteiger partial charge in [-0.15, -0.1) is 5.10 Å². The number of carbonyl (C=O) groups is 3.